The van der Waals surface area contributed by atoms with E-state index in [-0.39, 0.29) is 11.8 Å². The van der Waals surface area contributed by atoms with Crippen molar-refractivity contribution in [2.24, 2.45) is 0 Å². The molecule has 5 heteroatoms. The highest BCUT2D eigenvalue weighted by Crippen LogP contribution is 2.53. The molecule has 190 valence electrons. The molecule has 0 saturated carbocycles. The smallest absolute Gasteiger partial charge is 0.197 e. The summed E-state index contributed by atoms with van der Waals surface area (Å²) < 4.78 is 17.5. The van der Waals surface area contributed by atoms with Gasteiger partial charge >= 0.3 is 0 Å². The van der Waals surface area contributed by atoms with Crippen LogP contribution in [0.5, 0.6) is 17.2 Å². The van der Waals surface area contributed by atoms with Crippen LogP contribution < -0.4 is 14.2 Å². The second-order valence-corrected chi connectivity index (χ2v) is 10.5. The van der Waals surface area contributed by atoms with Gasteiger partial charge in [-0.3, -0.25) is 4.90 Å². The zero-order chi connectivity index (χ0) is 25.3. The Bertz CT molecular complexity index is 1150. The van der Waals surface area contributed by atoms with Crippen LogP contribution in [0, 0.1) is 0 Å². The summed E-state index contributed by atoms with van der Waals surface area (Å²) in [7, 11) is 1.67. The molecular weight excluding hydrogens is 450 g/mol. The number of methoxy groups -OCH3 is 1. The molecule has 5 atom stereocenters. The zero-order valence-corrected chi connectivity index (χ0v) is 21.7. The van der Waals surface area contributed by atoms with Crippen molar-refractivity contribution in [3.63, 3.8) is 0 Å². The molecule has 2 fully saturated rings. The first kappa shape index (κ1) is 24.7. The van der Waals surface area contributed by atoms with Gasteiger partial charge in [0.05, 0.1) is 7.11 Å². The van der Waals surface area contributed by atoms with Crippen LogP contribution in [0.25, 0.3) is 0 Å². The van der Waals surface area contributed by atoms with E-state index in [1.165, 1.54) is 30.6 Å². The van der Waals surface area contributed by atoms with Gasteiger partial charge in [0.2, 0.25) is 0 Å². The van der Waals surface area contributed by atoms with E-state index in [4.69, 9.17) is 14.2 Å². The minimum Gasteiger partial charge on any atom is -0.497 e. The van der Waals surface area contributed by atoms with E-state index in [1.807, 2.05) is 37.3 Å². The number of fused-ring (bicyclic) bond motifs is 2. The molecule has 36 heavy (non-hydrogen) atoms. The van der Waals surface area contributed by atoms with E-state index in [9.17, 15) is 5.11 Å². The first-order valence-corrected chi connectivity index (χ1v) is 13.0. The van der Waals surface area contributed by atoms with Crippen molar-refractivity contribution in [1.82, 2.24) is 4.90 Å². The Morgan fingerprint density at radius 2 is 1.69 bits per heavy atom. The second kappa shape index (κ2) is 10.2. The lowest BCUT2D eigenvalue weighted by Gasteiger charge is -2.45. The van der Waals surface area contributed by atoms with Crippen LogP contribution in [-0.4, -0.2) is 48.1 Å². The lowest BCUT2D eigenvalue weighted by atomic mass is 9.68. The van der Waals surface area contributed by atoms with E-state index in [1.54, 1.807) is 7.11 Å². The van der Waals surface area contributed by atoms with Crippen LogP contribution in [0.1, 0.15) is 62.1 Å². The van der Waals surface area contributed by atoms with Gasteiger partial charge in [-0.15, -0.1) is 0 Å². The van der Waals surface area contributed by atoms with E-state index >= 15 is 0 Å². The summed E-state index contributed by atoms with van der Waals surface area (Å²) in [4.78, 5) is 2.47. The Kier molecular flexibility index (Phi) is 6.96. The fourth-order valence-corrected chi connectivity index (χ4v) is 5.44. The van der Waals surface area contributed by atoms with Crippen molar-refractivity contribution in [3.8, 4) is 17.2 Å². The molecule has 0 radical (unpaired) electrons. The summed E-state index contributed by atoms with van der Waals surface area (Å²) in [5.41, 5.74) is 3.12. The summed E-state index contributed by atoms with van der Waals surface area (Å²) in [5, 5.41) is 9.82. The summed E-state index contributed by atoms with van der Waals surface area (Å²) in [5.74, 6) is 2.50. The molecule has 2 saturated heterocycles. The van der Waals surface area contributed by atoms with E-state index in [0.29, 0.717) is 12.2 Å². The average molecular weight is 488 g/mol. The third kappa shape index (κ3) is 5.09. The molecule has 3 unspecified atom stereocenters. The van der Waals surface area contributed by atoms with Gasteiger partial charge in [-0.25, -0.2) is 0 Å². The van der Waals surface area contributed by atoms with Crippen molar-refractivity contribution in [3.05, 3.63) is 89.5 Å². The van der Waals surface area contributed by atoms with Gasteiger partial charge < -0.3 is 19.3 Å². The molecule has 0 bridgehead atoms. The molecule has 5 nitrogen and oxygen atoms in total. The molecule has 0 amide bonds. The molecule has 6 rings (SSSR count). The predicted octanol–water partition coefficient (Wildman–Crippen LogP) is 5.96. The van der Waals surface area contributed by atoms with E-state index in [2.05, 4.69) is 61.2 Å². The van der Waals surface area contributed by atoms with E-state index < -0.39 is 11.9 Å². The Morgan fingerprint density at radius 3 is 2.25 bits per heavy atom. The maximum atomic E-state index is 9.82. The Hall–Kier alpha value is -3.02. The SMILES string of the molecule is C1CN2CC12.CCC(O)Oc1ccc([C@@H]2c3ccc(OC)cc3OC(C)(C)[C@H]2c2ccccc2)cc1. The number of hydrogen-bond acceptors (Lipinski definition) is 5. The van der Waals surface area contributed by atoms with Crippen LogP contribution >= 0.6 is 0 Å². The number of nitrogens with zero attached hydrogens (tertiary/aromatic N) is 1. The third-order valence-electron chi connectivity index (χ3n) is 7.61. The topological polar surface area (TPSA) is 50.9 Å². The molecular formula is C31H37NO4. The van der Waals surface area contributed by atoms with Crippen molar-refractivity contribution < 1.29 is 19.3 Å². The standard InChI is InChI=1S/C27H30O4.C4H7N/c1-5-24(28)30-20-13-11-18(12-14-20)25-22-16-15-21(29-4)17-23(22)31-27(2,3)26(25)19-9-7-6-8-10-19;1-2-5-3-4(1)5/h6-17,24-26,28H,5H2,1-4H3;4H,1-3H2/t24?,25-,26+;/m1./s1. The minimum atomic E-state index is -0.793. The van der Waals surface area contributed by atoms with Gasteiger partial charge in [0.25, 0.3) is 0 Å². The Balaban J connectivity index is 0.000000466. The zero-order valence-electron chi connectivity index (χ0n) is 21.7. The molecule has 0 aliphatic carbocycles. The van der Waals surface area contributed by atoms with Crippen molar-refractivity contribution in [2.75, 3.05) is 20.2 Å². The molecule has 3 aliphatic heterocycles. The Labute approximate surface area is 214 Å². The predicted molar refractivity (Wildman–Crippen MR) is 142 cm³/mol. The third-order valence-corrected chi connectivity index (χ3v) is 7.61. The maximum Gasteiger partial charge on any atom is 0.197 e. The lowest BCUT2D eigenvalue weighted by molar-refractivity contribution is -0.0191. The maximum absolute atomic E-state index is 9.82. The fourth-order valence-electron chi connectivity index (χ4n) is 5.44. The number of aliphatic hydroxyl groups is 1. The van der Waals surface area contributed by atoms with Crippen LogP contribution in [0.3, 0.4) is 0 Å². The highest BCUT2D eigenvalue weighted by molar-refractivity contribution is 5.52. The number of benzene rings is 3. The second-order valence-electron chi connectivity index (χ2n) is 10.5. The van der Waals surface area contributed by atoms with Gasteiger partial charge in [-0.2, -0.15) is 0 Å². The monoisotopic (exact) mass is 487 g/mol. The molecule has 0 spiro atoms. The molecule has 3 aromatic rings. The molecule has 0 aromatic heterocycles. The highest BCUT2D eigenvalue weighted by Gasteiger charge is 2.45. The van der Waals surface area contributed by atoms with Gasteiger partial charge in [-0.1, -0.05) is 55.5 Å². The summed E-state index contributed by atoms with van der Waals surface area (Å²) in [6.45, 7) is 8.99. The number of rotatable bonds is 6. The quantitative estimate of drug-likeness (QED) is 0.343. The van der Waals surface area contributed by atoms with Crippen molar-refractivity contribution in [2.45, 2.75) is 63.4 Å². The van der Waals surface area contributed by atoms with Crippen molar-refractivity contribution in [1.29, 1.82) is 0 Å². The number of hydrogen-bond donors (Lipinski definition) is 1. The average Bonchev–Trinajstić information content (AvgIpc) is 3.48. The van der Waals surface area contributed by atoms with Crippen LogP contribution in [0.4, 0.5) is 0 Å². The molecule has 1 N–H and O–H groups in total. The Morgan fingerprint density at radius 1 is 1.00 bits per heavy atom. The van der Waals surface area contributed by atoms with Crippen molar-refractivity contribution >= 4 is 0 Å². The normalized spacial score (nSPS) is 25.5. The first-order valence-electron chi connectivity index (χ1n) is 13.0. The number of aliphatic hydroxyl groups excluding tert-OH is 1. The highest BCUT2D eigenvalue weighted by atomic mass is 16.6. The van der Waals surface area contributed by atoms with Gasteiger partial charge in [-0.05, 0) is 49.6 Å². The van der Waals surface area contributed by atoms with Gasteiger partial charge in [0.1, 0.15) is 22.8 Å². The molecule has 3 heterocycles. The van der Waals surface area contributed by atoms with Crippen LogP contribution in [0.2, 0.25) is 0 Å². The largest absolute Gasteiger partial charge is 0.497 e. The van der Waals surface area contributed by atoms with Gasteiger partial charge in [0.15, 0.2) is 6.29 Å². The molecule has 3 aromatic carbocycles. The lowest BCUT2D eigenvalue weighted by Crippen LogP contribution is -2.43. The fraction of sp³-hybridized carbons (Fsp3) is 0.419. The van der Waals surface area contributed by atoms with Crippen LogP contribution in [-0.2, 0) is 0 Å². The van der Waals surface area contributed by atoms with Gasteiger partial charge in [0, 0.05) is 49.0 Å². The van der Waals surface area contributed by atoms with Crippen LogP contribution in [0.15, 0.2) is 72.8 Å². The summed E-state index contributed by atoms with van der Waals surface area (Å²) >= 11 is 0. The first-order chi connectivity index (χ1) is 17.4. The summed E-state index contributed by atoms with van der Waals surface area (Å²) in [6.07, 6.45) is 1.24. The summed E-state index contributed by atoms with van der Waals surface area (Å²) in [6, 6.07) is 25.7. The molecule has 3 aliphatic rings. The minimum absolute atomic E-state index is 0.0946. The van der Waals surface area contributed by atoms with E-state index in [0.717, 1.165) is 23.1 Å². The number of ether oxygens (including phenoxy) is 3.